The Labute approximate surface area is 232 Å². The molecule has 3 fully saturated rings. The van der Waals surface area contributed by atoms with E-state index >= 15 is 0 Å². The number of piperidine rings is 1. The van der Waals surface area contributed by atoms with Gasteiger partial charge in [-0.3, -0.25) is 4.79 Å². The van der Waals surface area contributed by atoms with Gasteiger partial charge in [0, 0.05) is 38.5 Å². The molecule has 3 heterocycles. The molecule has 2 bridgehead atoms. The quantitative estimate of drug-likeness (QED) is 0.270. The van der Waals surface area contributed by atoms with Gasteiger partial charge in [-0.25, -0.2) is 4.79 Å². The number of rotatable bonds is 10. The van der Waals surface area contributed by atoms with Gasteiger partial charge in [-0.15, -0.1) is 0 Å². The Morgan fingerprint density at radius 3 is 1.97 bits per heavy atom. The third-order valence-electron chi connectivity index (χ3n) is 9.18. The smallest absolute Gasteiger partial charge is 0.348 e. The van der Waals surface area contributed by atoms with E-state index in [9.17, 15) is 9.59 Å². The summed E-state index contributed by atoms with van der Waals surface area (Å²) in [5.41, 5.74) is 5.71. The first-order chi connectivity index (χ1) is 18.8. The van der Waals surface area contributed by atoms with Crippen molar-refractivity contribution >= 4 is 11.9 Å². The van der Waals surface area contributed by atoms with E-state index in [1.807, 2.05) is 74.5 Å². The highest BCUT2D eigenvalue weighted by Gasteiger charge is 2.57. The van der Waals surface area contributed by atoms with Gasteiger partial charge in [0.15, 0.2) is 6.79 Å². The molecule has 39 heavy (non-hydrogen) atoms. The molecule has 5 rings (SSSR count). The molecule has 0 saturated carbocycles. The van der Waals surface area contributed by atoms with Crippen LogP contribution in [-0.4, -0.2) is 60.5 Å². The van der Waals surface area contributed by atoms with Crippen molar-refractivity contribution in [2.75, 3.05) is 19.9 Å². The summed E-state index contributed by atoms with van der Waals surface area (Å²) >= 11 is 0. The van der Waals surface area contributed by atoms with Gasteiger partial charge in [-0.2, -0.15) is 0 Å². The summed E-state index contributed by atoms with van der Waals surface area (Å²) in [6, 6.07) is 19.1. The Bertz CT molecular complexity index is 1060. The number of hydrogen-bond acceptors (Lipinski definition) is 6. The van der Waals surface area contributed by atoms with Crippen molar-refractivity contribution in [3.05, 3.63) is 71.8 Å². The number of carbonyl (C=O) groups excluding carboxylic acids is 2. The molecular weight excluding hydrogens is 492 g/mol. The van der Waals surface area contributed by atoms with Gasteiger partial charge >= 0.3 is 11.9 Å². The predicted molar refractivity (Wildman–Crippen MR) is 148 cm³/mol. The fourth-order valence-electron chi connectivity index (χ4n) is 7.40. The molecule has 0 aliphatic carbocycles. The number of esters is 2. The lowest BCUT2D eigenvalue weighted by molar-refractivity contribution is -0.956. The Morgan fingerprint density at radius 2 is 1.46 bits per heavy atom. The Morgan fingerprint density at radius 1 is 0.923 bits per heavy atom. The second kappa shape index (κ2) is 11.8. The van der Waals surface area contributed by atoms with Crippen LogP contribution in [0, 0.1) is 5.92 Å². The highest BCUT2D eigenvalue weighted by Crippen LogP contribution is 2.47. The van der Waals surface area contributed by atoms with E-state index in [1.54, 1.807) is 0 Å². The van der Waals surface area contributed by atoms with Crippen LogP contribution in [0.15, 0.2) is 60.7 Å². The monoisotopic (exact) mass is 535 g/mol. The van der Waals surface area contributed by atoms with Crippen molar-refractivity contribution in [2.45, 2.75) is 88.6 Å². The van der Waals surface area contributed by atoms with Crippen molar-refractivity contribution in [3.8, 4) is 0 Å². The summed E-state index contributed by atoms with van der Waals surface area (Å²) in [6.45, 7) is 6.11. The summed E-state index contributed by atoms with van der Waals surface area (Å²) in [5.74, 6) is -0.763. The molecule has 0 amide bonds. The largest absolute Gasteiger partial charge is 0.459 e. The van der Waals surface area contributed by atoms with Crippen LogP contribution in [0.1, 0.15) is 69.9 Å². The van der Waals surface area contributed by atoms with Crippen molar-refractivity contribution in [3.63, 3.8) is 0 Å². The lowest BCUT2D eigenvalue weighted by Gasteiger charge is -2.47. The SMILES string of the molecule is CC(C)C[C@H](N)C(=O)OCOC(C(=O)OC1CC2CCC(C1)[N+]21CCCC1)(c1ccccc1)c1ccccc1. The number of carbonyl (C=O) groups is 2. The van der Waals surface area contributed by atoms with E-state index in [2.05, 4.69) is 0 Å². The van der Waals surface area contributed by atoms with E-state index < -0.39 is 30.4 Å². The number of benzene rings is 2. The van der Waals surface area contributed by atoms with Crippen LogP contribution in [0.3, 0.4) is 0 Å². The van der Waals surface area contributed by atoms with Gasteiger partial charge < -0.3 is 24.4 Å². The summed E-state index contributed by atoms with van der Waals surface area (Å²) in [7, 11) is 0. The Kier molecular flexibility index (Phi) is 8.40. The standard InChI is InChI=1S/C32H43N2O5/c1-23(2)19-29(33)30(35)37-22-38-32(24-11-5-3-6-12-24,25-13-7-4-8-14-25)31(36)39-28-20-26-15-16-27(21-28)34(26)17-9-10-18-34/h3-8,11-14,23,26-29H,9-10,15-22,33H2,1-2H3/q+1/t26?,27?,28?,29-/m0/s1. The summed E-state index contributed by atoms with van der Waals surface area (Å²) in [4.78, 5) is 26.9. The number of hydrogen-bond donors (Lipinski definition) is 1. The maximum atomic E-state index is 14.3. The van der Waals surface area contributed by atoms with Gasteiger partial charge in [0.25, 0.3) is 0 Å². The van der Waals surface area contributed by atoms with Crippen LogP contribution < -0.4 is 5.73 Å². The molecule has 3 atom stereocenters. The van der Waals surface area contributed by atoms with Crippen LogP contribution in [0.25, 0.3) is 0 Å². The molecule has 1 spiro atoms. The van der Waals surface area contributed by atoms with E-state index in [1.165, 1.54) is 43.3 Å². The average molecular weight is 536 g/mol. The van der Waals surface area contributed by atoms with Gasteiger partial charge in [0.1, 0.15) is 12.1 Å². The maximum Gasteiger partial charge on any atom is 0.348 e. The minimum atomic E-state index is -1.58. The van der Waals surface area contributed by atoms with Crippen LogP contribution in [0.4, 0.5) is 0 Å². The van der Waals surface area contributed by atoms with E-state index in [0.29, 0.717) is 29.6 Å². The molecule has 0 aromatic heterocycles. The highest BCUT2D eigenvalue weighted by molar-refractivity contribution is 5.86. The van der Waals surface area contributed by atoms with Crippen molar-refractivity contribution in [1.29, 1.82) is 0 Å². The average Bonchev–Trinajstić information content (AvgIpc) is 3.48. The van der Waals surface area contributed by atoms with Crippen LogP contribution >= 0.6 is 0 Å². The van der Waals surface area contributed by atoms with Gasteiger partial charge in [0.2, 0.25) is 5.60 Å². The zero-order valence-electron chi connectivity index (χ0n) is 23.3. The molecule has 2 aromatic rings. The van der Waals surface area contributed by atoms with Crippen LogP contribution in [-0.2, 0) is 29.4 Å². The normalized spacial score (nSPS) is 24.6. The van der Waals surface area contributed by atoms with Crippen LogP contribution in [0.2, 0.25) is 0 Å². The fourth-order valence-corrected chi connectivity index (χ4v) is 7.40. The lowest BCUT2D eigenvalue weighted by atomic mass is 9.85. The minimum absolute atomic E-state index is 0.156. The van der Waals surface area contributed by atoms with E-state index in [4.69, 9.17) is 19.9 Å². The second-order valence-corrected chi connectivity index (χ2v) is 12.0. The zero-order valence-corrected chi connectivity index (χ0v) is 23.3. The maximum absolute atomic E-state index is 14.3. The third kappa shape index (κ3) is 5.49. The number of nitrogens with two attached hydrogens (primary N) is 1. The minimum Gasteiger partial charge on any atom is -0.459 e. The number of nitrogens with zero attached hydrogens (tertiary/aromatic N) is 1. The third-order valence-corrected chi connectivity index (χ3v) is 9.18. The summed E-state index contributed by atoms with van der Waals surface area (Å²) in [5, 5.41) is 0. The van der Waals surface area contributed by atoms with Crippen LogP contribution in [0.5, 0.6) is 0 Å². The van der Waals surface area contributed by atoms with Crippen molar-refractivity contribution < 1.29 is 28.3 Å². The topological polar surface area (TPSA) is 87.9 Å². The molecule has 210 valence electrons. The molecule has 3 aliphatic rings. The second-order valence-electron chi connectivity index (χ2n) is 12.0. The highest BCUT2D eigenvalue weighted by atomic mass is 16.7. The van der Waals surface area contributed by atoms with E-state index in [0.717, 1.165) is 12.8 Å². The molecule has 7 nitrogen and oxygen atoms in total. The molecule has 3 saturated heterocycles. The molecule has 7 heteroatoms. The number of quaternary nitrogens is 1. The summed E-state index contributed by atoms with van der Waals surface area (Å²) in [6.07, 6.45) is 7.16. The molecule has 2 N–H and O–H groups in total. The molecular formula is C32H43N2O5+. The Hall–Kier alpha value is -2.74. The first-order valence-corrected chi connectivity index (χ1v) is 14.6. The summed E-state index contributed by atoms with van der Waals surface area (Å²) < 4.78 is 19.4. The lowest BCUT2D eigenvalue weighted by Crippen LogP contribution is -2.60. The van der Waals surface area contributed by atoms with Gasteiger partial charge in [0.05, 0.1) is 25.2 Å². The first-order valence-electron chi connectivity index (χ1n) is 14.6. The van der Waals surface area contributed by atoms with E-state index in [-0.39, 0.29) is 12.0 Å². The zero-order chi connectivity index (χ0) is 27.5. The van der Waals surface area contributed by atoms with Crippen molar-refractivity contribution in [1.82, 2.24) is 0 Å². The number of ether oxygens (including phenoxy) is 3. The molecule has 2 aromatic carbocycles. The van der Waals surface area contributed by atoms with Gasteiger partial charge in [-0.05, 0) is 23.5 Å². The van der Waals surface area contributed by atoms with Crippen molar-refractivity contribution in [2.24, 2.45) is 11.7 Å². The molecule has 3 aliphatic heterocycles. The fraction of sp³-hybridized carbons (Fsp3) is 0.562. The molecule has 0 radical (unpaired) electrons. The Balaban J connectivity index is 1.40. The first kappa shape index (κ1) is 27.8. The molecule has 2 unspecified atom stereocenters. The predicted octanol–water partition coefficient (Wildman–Crippen LogP) is 4.67. The van der Waals surface area contributed by atoms with Gasteiger partial charge in [-0.1, -0.05) is 74.5 Å².